The van der Waals surface area contributed by atoms with Crippen molar-refractivity contribution in [2.45, 2.75) is 57.5 Å². The summed E-state index contributed by atoms with van der Waals surface area (Å²) in [7, 11) is 0. The molecule has 1 amide bonds. The third kappa shape index (κ3) is 4.21. The van der Waals surface area contributed by atoms with E-state index in [9.17, 15) is 4.79 Å². The lowest BCUT2D eigenvalue weighted by Crippen LogP contribution is -2.44. The smallest absolute Gasteiger partial charge is 0.233 e. The van der Waals surface area contributed by atoms with Crippen LogP contribution in [-0.2, 0) is 4.79 Å². The number of thioether (sulfide) groups is 1. The van der Waals surface area contributed by atoms with E-state index < -0.39 is 0 Å². The Morgan fingerprint density at radius 3 is 2.76 bits per heavy atom. The molecule has 1 fully saturated rings. The van der Waals surface area contributed by atoms with Crippen LogP contribution in [0.25, 0.3) is 5.82 Å². The number of amides is 1. The van der Waals surface area contributed by atoms with Gasteiger partial charge in [-0.2, -0.15) is 5.10 Å². The van der Waals surface area contributed by atoms with Crippen molar-refractivity contribution < 1.29 is 4.79 Å². The second-order valence-electron chi connectivity index (χ2n) is 6.50. The van der Waals surface area contributed by atoms with Crippen molar-refractivity contribution in [2.24, 2.45) is 0 Å². The number of rotatable bonds is 5. The normalized spacial score (nSPS) is 17.7. The Morgan fingerprint density at radius 1 is 1.28 bits per heavy atom. The van der Waals surface area contributed by atoms with E-state index >= 15 is 0 Å². The van der Waals surface area contributed by atoms with Crippen molar-refractivity contribution in [1.82, 2.24) is 24.9 Å². The van der Waals surface area contributed by atoms with Crippen LogP contribution in [-0.4, -0.2) is 49.1 Å². The summed E-state index contributed by atoms with van der Waals surface area (Å²) in [5.74, 6) is 1.33. The lowest BCUT2D eigenvalue weighted by molar-refractivity contribution is -0.132. The quantitative estimate of drug-likeness (QED) is 0.767. The maximum Gasteiger partial charge on any atom is 0.233 e. The minimum absolute atomic E-state index is 0.209. The SMILES string of the molecule is CCC1CCCCN1C(=O)CSc1ccc(-n2nc(C)cc2C)nn1. The number of piperidine rings is 1. The van der Waals surface area contributed by atoms with Gasteiger partial charge in [-0.25, -0.2) is 4.68 Å². The first-order valence-corrected chi connectivity index (χ1v) is 9.86. The van der Waals surface area contributed by atoms with E-state index in [1.807, 2.05) is 36.9 Å². The summed E-state index contributed by atoms with van der Waals surface area (Å²) in [5.41, 5.74) is 1.98. The van der Waals surface area contributed by atoms with Crippen LogP contribution in [0.3, 0.4) is 0 Å². The first kappa shape index (κ1) is 17.9. The molecule has 134 valence electrons. The van der Waals surface area contributed by atoms with Gasteiger partial charge in [-0.15, -0.1) is 10.2 Å². The first-order chi connectivity index (χ1) is 12.1. The molecule has 1 aliphatic heterocycles. The fourth-order valence-electron chi connectivity index (χ4n) is 3.34. The van der Waals surface area contributed by atoms with E-state index in [1.165, 1.54) is 18.2 Å². The van der Waals surface area contributed by atoms with Crippen LogP contribution < -0.4 is 0 Å². The molecular formula is C18H25N5OS. The molecular weight excluding hydrogens is 334 g/mol. The van der Waals surface area contributed by atoms with Gasteiger partial charge in [0, 0.05) is 18.3 Å². The van der Waals surface area contributed by atoms with E-state index in [4.69, 9.17) is 0 Å². The Bertz CT molecular complexity index is 728. The van der Waals surface area contributed by atoms with Crippen molar-refractivity contribution in [2.75, 3.05) is 12.3 Å². The van der Waals surface area contributed by atoms with Gasteiger partial charge in [-0.1, -0.05) is 18.7 Å². The average molecular weight is 359 g/mol. The summed E-state index contributed by atoms with van der Waals surface area (Å²) in [6.45, 7) is 7.00. The molecule has 0 aromatic carbocycles. The molecule has 1 saturated heterocycles. The summed E-state index contributed by atoms with van der Waals surface area (Å²) in [6.07, 6.45) is 4.51. The molecule has 0 saturated carbocycles. The zero-order chi connectivity index (χ0) is 17.8. The summed E-state index contributed by atoms with van der Waals surface area (Å²) in [6, 6.07) is 6.21. The lowest BCUT2D eigenvalue weighted by atomic mass is 10.0. The fraction of sp³-hybridized carbons (Fsp3) is 0.556. The van der Waals surface area contributed by atoms with E-state index in [0.29, 0.717) is 17.6 Å². The summed E-state index contributed by atoms with van der Waals surface area (Å²) < 4.78 is 1.78. The second-order valence-corrected chi connectivity index (χ2v) is 7.50. The minimum atomic E-state index is 0.209. The van der Waals surface area contributed by atoms with Crippen molar-refractivity contribution >= 4 is 17.7 Å². The molecule has 1 atom stereocenters. The van der Waals surface area contributed by atoms with Gasteiger partial charge in [-0.05, 0) is 57.7 Å². The lowest BCUT2D eigenvalue weighted by Gasteiger charge is -2.35. The Balaban J connectivity index is 1.60. The maximum absolute atomic E-state index is 12.5. The van der Waals surface area contributed by atoms with Gasteiger partial charge in [0.25, 0.3) is 0 Å². The van der Waals surface area contributed by atoms with Crippen LogP contribution in [0.2, 0.25) is 0 Å². The van der Waals surface area contributed by atoms with Crippen LogP contribution in [0.5, 0.6) is 0 Å². The Hall–Kier alpha value is -1.89. The van der Waals surface area contributed by atoms with Crippen molar-refractivity contribution in [1.29, 1.82) is 0 Å². The number of hydrogen-bond donors (Lipinski definition) is 0. The molecule has 1 unspecified atom stereocenters. The number of carbonyl (C=O) groups excluding carboxylic acids is 1. The van der Waals surface area contributed by atoms with Crippen molar-refractivity contribution in [3.8, 4) is 5.82 Å². The van der Waals surface area contributed by atoms with Gasteiger partial charge in [-0.3, -0.25) is 4.79 Å². The largest absolute Gasteiger partial charge is 0.339 e. The van der Waals surface area contributed by atoms with Crippen molar-refractivity contribution in [3.05, 3.63) is 29.6 Å². The fourth-order valence-corrected chi connectivity index (χ4v) is 4.04. The van der Waals surface area contributed by atoms with Gasteiger partial charge in [0.2, 0.25) is 5.91 Å². The molecule has 2 aromatic rings. The Labute approximate surface area is 153 Å². The summed E-state index contributed by atoms with van der Waals surface area (Å²) >= 11 is 1.45. The van der Waals surface area contributed by atoms with Gasteiger partial charge in [0.1, 0.15) is 5.03 Å². The highest BCUT2D eigenvalue weighted by Gasteiger charge is 2.25. The summed E-state index contributed by atoms with van der Waals surface area (Å²) in [5, 5.41) is 13.7. The number of aromatic nitrogens is 4. The zero-order valence-corrected chi connectivity index (χ0v) is 15.9. The number of nitrogens with zero attached hydrogens (tertiary/aromatic N) is 5. The third-order valence-corrected chi connectivity index (χ3v) is 5.52. The van der Waals surface area contributed by atoms with E-state index in [2.05, 4.69) is 22.2 Å². The second kappa shape index (κ2) is 7.99. The number of hydrogen-bond acceptors (Lipinski definition) is 5. The standard InChI is InChI=1S/C18H25N5OS/c1-4-15-7-5-6-10-22(15)18(24)12-25-17-9-8-16(19-20-17)23-14(3)11-13(2)21-23/h8-9,11,15H,4-7,10,12H2,1-3H3. The van der Waals surface area contributed by atoms with Crippen LogP contribution in [0.15, 0.2) is 23.2 Å². The third-order valence-electron chi connectivity index (χ3n) is 4.61. The molecule has 3 rings (SSSR count). The number of carbonyl (C=O) groups is 1. The molecule has 0 N–H and O–H groups in total. The zero-order valence-electron chi connectivity index (χ0n) is 15.1. The molecule has 1 aliphatic rings. The first-order valence-electron chi connectivity index (χ1n) is 8.88. The predicted octanol–water partition coefficient (Wildman–Crippen LogP) is 3.16. The van der Waals surface area contributed by atoms with Gasteiger partial charge in [0.05, 0.1) is 11.4 Å². The Morgan fingerprint density at radius 2 is 2.12 bits per heavy atom. The van der Waals surface area contributed by atoms with Crippen LogP contribution in [0, 0.1) is 13.8 Å². The number of aryl methyl sites for hydroxylation is 2. The highest BCUT2D eigenvalue weighted by molar-refractivity contribution is 7.99. The van der Waals surface area contributed by atoms with Crippen LogP contribution in [0.1, 0.15) is 44.0 Å². The molecule has 25 heavy (non-hydrogen) atoms. The minimum Gasteiger partial charge on any atom is -0.339 e. The summed E-state index contributed by atoms with van der Waals surface area (Å²) in [4.78, 5) is 14.6. The predicted molar refractivity (Wildman–Crippen MR) is 99.0 cm³/mol. The maximum atomic E-state index is 12.5. The van der Waals surface area contributed by atoms with E-state index in [0.717, 1.165) is 42.2 Å². The molecule has 2 aromatic heterocycles. The molecule has 6 nitrogen and oxygen atoms in total. The molecule has 0 aliphatic carbocycles. The number of likely N-dealkylation sites (tertiary alicyclic amines) is 1. The average Bonchev–Trinajstić information content (AvgIpc) is 2.98. The van der Waals surface area contributed by atoms with Crippen LogP contribution in [0.4, 0.5) is 0 Å². The Kier molecular flexibility index (Phi) is 5.73. The highest BCUT2D eigenvalue weighted by atomic mass is 32.2. The molecule has 0 spiro atoms. The van der Waals surface area contributed by atoms with Crippen molar-refractivity contribution in [3.63, 3.8) is 0 Å². The molecule has 0 bridgehead atoms. The monoisotopic (exact) mass is 359 g/mol. The van der Waals surface area contributed by atoms with Gasteiger partial charge >= 0.3 is 0 Å². The highest BCUT2D eigenvalue weighted by Crippen LogP contribution is 2.22. The topological polar surface area (TPSA) is 63.9 Å². The van der Waals surface area contributed by atoms with E-state index in [1.54, 1.807) is 4.68 Å². The molecule has 7 heteroatoms. The van der Waals surface area contributed by atoms with Crippen LogP contribution >= 0.6 is 11.8 Å². The van der Waals surface area contributed by atoms with Gasteiger partial charge < -0.3 is 4.90 Å². The van der Waals surface area contributed by atoms with Gasteiger partial charge in [0.15, 0.2) is 5.82 Å². The molecule has 0 radical (unpaired) electrons. The van der Waals surface area contributed by atoms with E-state index in [-0.39, 0.29) is 5.91 Å². The molecule has 3 heterocycles.